The Morgan fingerprint density at radius 3 is 2.69 bits per heavy atom. The van der Waals surface area contributed by atoms with Gasteiger partial charge in [0.15, 0.2) is 9.84 Å². The molecule has 0 fully saturated rings. The predicted octanol–water partition coefficient (Wildman–Crippen LogP) is 3.54. The molecule has 1 amide bonds. The number of aliphatic imine (C=N–C) groups is 1. The molecule has 0 saturated heterocycles. The average Bonchev–Trinajstić information content (AvgIpc) is 3.32. The molecule has 3 N–H and O–H groups in total. The SMILES string of the molecule is NC1c2ccoc2N=CN1c1ccc(NC(=O)CS(=O)(=O)c2ccc(Cl)s2)cc1. The first-order valence-electron chi connectivity index (χ1n) is 8.37. The number of furan rings is 1. The van der Waals surface area contributed by atoms with E-state index in [-0.39, 0.29) is 4.21 Å². The molecule has 29 heavy (non-hydrogen) atoms. The highest BCUT2D eigenvalue weighted by molar-refractivity contribution is 7.94. The molecule has 1 aliphatic heterocycles. The molecule has 3 heterocycles. The summed E-state index contributed by atoms with van der Waals surface area (Å²) in [5.74, 6) is -0.828. The summed E-state index contributed by atoms with van der Waals surface area (Å²) in [7, 11) is -3.74. The molecular formula is C18H15ClN4O4S2. The first-order valence-corrected chi connectivity index (χ1v) is 11.2. The summed E-state index contributed by atoms with van der Waals surface area (Å²) < 4.78 is 30.2. The second-order valence-corrected chi connectivity index (χ2v) is 10.1. The van der Waals surface area contributed by atoms with Crippen LogP contribution in [0.1, 0.15) is 11.7 Å². The minimum absolute atomic E-state index is 0.0602. The van der Waals surface area contributed by atoms with Crippen LogP contribution in [0.5, 0.6) is 0 Å². The molecule has 1 unspecified atom stereocenters. The van der Waals surface area contributed by atoms with Crippen molar-refractivity contribution in [3.63, 3.8) is 0 Å². The molecule has 8 nitrogen and oxygen atoms in total. The van der Waals surface area contributed by atoms with Crippen molar-refractivity contribution >= 4 is 62.3 Å². The van der Waals surface area contributed by atoms with Crippen LogP contribution in [0.4, 0.5) is 17.3 Å². The van der Waals surface area contributed by atoms with Gasteiger partial charge in [-0.05, 0) is 42.5 Å². The maximum atomic E-state index is 12.3. The fraction of sp³-hybridized carbons (Fsp3) is 0.111. The lowest BCUT2D eigenvalue weighted by Crippen LogP contribution is -2.35. The monoisotopic (exact) mass is 450 g/mol. The lowest BCUT2D eigenvalue weighted by Gasteiger charge is -2.29. The number of hydrogen-bond donors (Lipinski definition) is 2. The van der Waals surface area contributed by atoms with Gasteiger partial charge in [-0.2, -0.15) is 0 Å². The van der Waals surface area contributed by atoms with Crippen LogP contribution in [0.3, 0.4) is 0 Å². The highest BCUT2D eigenvalue weighted by Crippen LogP contribution is 2.34. The molecule has 4 rings (SSSR count). The fourth-order valence-electron chi connectivity index (χ4n) is 2.83. The van der Waals surface area contributed by atoms with Crippen molar-refractivity contribution in [1.82, 2.24) is 0 Å². The number of carbonyl (C=O) groups excluding carboxylic acids is 1. The van der Waals surface area contributed by atoms with Crippen LogP contribution in [-0.4, -0.2) is 26.4 Å². The molecule has 2 aromatic heterocycles. The van der Waals surface area contributed by atoms with E-state index in [1.807, 2.05) is 0 Å². The van der Waals surface area contributed by atoms with Crippen molar-refractivity contribution in [2.75, 3.05) is 16.0 Å². The molecule has 0 spiro atoms. The number of benzene rings is 1. The summed E-state index contributed by atoms with van der Waals surface area (Å²) in [6, 6.07) is 11.5. The maximum absolute atomic E-state index is 12.3. The molecule has 1 aromatic carbocycles. The molecule has 0 aliphatic carbocycles. The highest BCUT2D eigenvalue weighted by Gasteiger charge is 2.25. The Balaban J connectivity index is 1.43. The molecule has 11 heteroatoms. The Hall–Kier alpha value is -2.66. The number of amides is 1. The van der Waals surface area contributed by atoms with Crippen molar-refractivity contribution < 1.29 is 17.6 Å². The summed E-state index contributed by atoms with van der Waals surface area (Å²) in [6.07, 6.45) is 2.65. The van der Waals surface area contributed by atoms with E-state index in [9.17, 15) is 13.2 Å². The minimum Gasteiger partial charge on any atom is -0.446 e. The number of nitrogens with one attached hydrogen (secondary N) is 1. The van der Waals surface area contributed by atoms with Gasteiger partial charge < -0.3 is 20.4 Å². The molecule has 150 valence electrons. The zero-order valence-electron chi connectivity index (χ0n) is 14.8. The van der Waals surface area contributed by atoms with Gasteiger partial charge in [-0.25, -0.2) is 13.4 Å². The topological polar surface area (TPSA) is 118 Å². The van der Waals surface area contributed by atoms with E-state index < -0.39 is 27.7 Å². The van der Waals surface area contributed by atoms with Gasteiger partial charge in [-0.15, -0.1) is 11.3 Å². The van der Waals surface area contributed by atoms with E-state index in [4.69, 9.17) is 21.8 Å². The van der Waals surface area contributed by atoms with E-state index in [1.54, 1.807) is 41.6 Å². The number of fused-ring (bicyclic) bond motifs is 1. The number of sulfone groups is 1. The number of nitrogens with two attached hydrogens (primary N) is 1. The molecule has 3 aromatic rings. The lowest BCUT2D eigenvalue weighted by molar-refractivity contribution is -0.113. The fourth-order valence-corrected chi connectivity index (χ4v) is 5.53. The molecular weight excluding hydrogens is 436 g/mol. The zero-order valence-corrected chi connectivity index (χ0v) is 17.2. The van der Waals surface area contributed by atoms with Crippen LogP contribution in [0.25, 0.3) is 0 Å². The van der Waals surface area contributed by atoms with Crippen molar-refractivity contribution in [1.29, 1.82) is 0 Å². The third-order valence-electron chi connectivity index (χ3n) is 4.22. The summed E-state index contributed by atoms with van der Waals surface area (Å²) in [4.78, 5) is 18.1. The Kier molecular flexibility index (Phi) is 5.17. The van der Waals surface area contributed by atoms with E-state index in [2.05, 4.69) is 10.3 Å². The lowest BCUT2D eigenvalue weighted by atomic mass is 10.2. The van der Waals surface area contributed by atoms with E-state index in [0.29, 0.717) is 15.9 Å². The van der Waals surface area contributed by atoms with Gasteiger partial charge in [-0.3, -0.25) is 4.79 Å². The van der Waals surface area contributed by atoms with Gasteiger partial charge in [0.1, 0.15) is 22.5 Å². The Bertz CT molecular complexity index is 1180. The second kappa shape index (κ2) is 7.64. The minimum atomic E-state index is -3.74. The van der Waals surface area contributed by atoms with Crippen LogP contribution in [-0.2, 0) is 14.6 Å². The molecule has 0 saturated carbocycles. The number of rotatable bonds is 5. The maximum Gasteiger partial charge on any atom is 0.239 e. The Morgan fingerprint density at radius 2 is 2.00 bits per heavy atom. The summed E-state index contributed by atoms with van der Waals surface area (Å²) in [6.45, 7) is 0. The molecule has 0 bridgehead atoms. The Morgan fingerprint density at radius 1 is 1.24 bits per heavy atom. The van der Waals surface area contributed by atoms with Crippen molar-refractivity contribution in [2.45, 2.75) is 10.4 Å². The van der Waals surface area contributed by atoms with E-state index in [0.717, 1.165) is 22.6 Å². The van der Waals surface area contributed by atoms with Crippen LogP contribution in [0.2, 0.25) is 4.34 Å². The van der Waals surface area contributed by atoms with Gasteiger partial charge in [-0.1, -0.05) is 11.6 Å². The second-order valence-electron chi connectivity index (χ2n) is 6.19. The smallest absolute Gasteiger partial charge is 0.239 e. The highest BCUT2D eigenvalue weighted by atomic mass is 35.5. The van der Waals surface area contributed by atoms with Gasteiger partial charge in [0.2, 0.25) is 11.8 Å². The van der Waals surface area contributed by atoms with Gasteiger partial charge >= 0.3 is 0 Å². The number of hydrogen-bond acceptors (Lipinski definition) is 8. The van der Waals surface area contributed by atoms with E-state index >= 15 is 0 Å². The average molecular weight is 451 g/mol. The van der Waals surface area contributed by atoms with E-state index in [1.165, 1.54) is 18.4 Å². The zero-order chi connectivity index (χ0) is 20.6. The van der Waals surface area contributed by atoms with Crippen LogP contribution < -0.4 is 16.0 Å². The standard InChI is InChI=1S/C18H15ClN4O4S2/c19-14-5-6-16(28-14)29(25,26)9-15(24)22-11-1-3-12(4-2-11)23-10-21-18-13(17(23)20)7-8-27-18/h1-8,10,17H,9,20H2,(H,22,24). The Labute approximate surface area is 175 Å². The van der Waals surface area contributed by atoms with Gasteiger partial charge in [0, 0.05) is 11.4 Å². The third-order valence-corrected chi connectivity index (χ3v) is 7.65. The number of carbonyl (C=O) groups is 1. The van der Waals surface area contributed by atoms with Crippen LogP contribution >= 0.6 is 22.9 Å². The van der Waals surface area contributed by atoms with Gasteiger partial charge in [0.25, 0.3) is 0 Å². The van der Waals surface area contributed by atoms with Crippen LogP contribution in [0.15, 0.2) is 62.3 Å². The number of nitrogens with zero attached hydrogens (tertiary/aromatic N) is 2. The van der Waals surface area contributed by atoms with Gasteiger partial charge in [0.05, 0.1) is 16.2 Å². The first-order chi connectivity index (χ1) is 13.8. The molecule has 1 atom stereocenters. The third kappa shape index (κ3) is 4.06. The number of anilines is 2. The normalized spacial score (nSPS) is 15.9. The first kappa shape index (κ1) is 19.6. The number of thiophene rings is 1. The largest absolute Gasteiger partial charge is 0.446 e. The van der Waals surface area contributed by atoms with Crippen LogP contribution in [0, 0.1) is 0 Å². The molecule has 1 aliphatic rings. The van der Waals surface area contributed by atoms with Crippen molar-refractivity contribution in [3.8, 4) is 0 Å². The molecule has 0 radical (unpaired) electrons. The number of halogens is 1. The summed E-state index contributed by atoms with van der Waals surface area (Å²) >= 11 is 6.69. The summed E-state index contributed by atoms with van der Waals surface area (Å²) in [5, 5.41) is 2.58. The quantitative estimate of drug-likeness (QED) is 0.613. The van der Waals surface area contributed by atoms with Crippen molar-refractivity contribution in [3.05, 3.63) is 58.6 Å². The summed E-state index contributed by atoms with van der Waals surface area (Å²) in [5.41, 5.74) is 8.23. The predicted molar refractivity (Wildman–Crippen MR) is 113 cm³/mol. The van der Waals surface area contributed by atoms with Crippen molar-refractivity contribution in [2.24, 2.45) is 10.7 Å².